The molecule has 0 atom stereocenters. The number of rotatable bonds is 6. The van der Waals surface area contributed by atoms with Gasteiger partial charge in [0.25, 0.3) is 11.5 Å². The molecule has 8 heteroatoms. The number of hydrogen-bond acceptors (Lipinski definition) is 4. The first-order valence-electron chi connectivity index (χ1n) is 12.8. The van der Waals surface area contributed by atoms with E-state index >= 15 is 0 Å². The highest BCUT2D eigenvalue weighted by molar-refractivity contribution is 5.95. The van der Waals surface area contributed by atoms with Crippen molar-refractivity contribution < 1.29 is 14.0 Å². The minimum atomic E-state index is -0.588. The molecule has 0 unspecified atom stereocenters. The molecular formula is C30H29FN4O3. The van der Waals surface area contributed by atoms with Gasteiger partial charge < -0.3 is 9.80 Å². The van der Waals surface area contributed by atoms with E-state index in [9.17, 15) is 18.8 Å². The Kier molecular flexibility index (Phi) is 7.31. The summed E-state index contributed by atoms with van der Waals surface area (Å²) in [7, 11) is 0. The highest BCUT2D eigenvalue weighted by Crippen LogP contribution is 2.20. The second-order valence-corrected chi connectivity index (χ2v) is 9.70. The lowest BCUT2D eigenvalue weighted by Crippen LogP contribution is -2.50. The topological polar surface area (TPSA) is 86.4 Å². The first-order chi connectivity index (χ1) is 18.4. The third-order valence-corrected chi connectivity index (χ3v) is 7.04. The quantitative estimate of drug-likeness (QED) is 0.425. The molecule has 2 heterocycles. The van der Waals surface area contributed by atoms with E-state index in [1.165, 1.54) is 11.6 Å². The molecule has 2 amide bonds. The summed E-state index contributed by atoms with van der Waals surface area (Å²) < 4.78 is 14.7. The van der Waals surface area contributed by atoms with Crippen LogP contribution in [0, 0.1) is 12.7 Å². The SMILES string of the molecule is Cc1cccc(CCC(=O)N2CCN(C(=O)c3cc(Cc4n[nH]c(=O)c5ccccc45)ccc3F)CC2)c1. The molecule has 4 aromatic rings. The Morgan fingerprint density at radius 3 is 2.39 bits per heavy atom. The minimum Gasteiger partial charge on any atom is -0.339 e. The molecular weight excluding hydrogens is 483 g/mol. The zero-order valence-corrected chi connectivity index (χ0v) is 21.2. The van der Waals surface area contributed by atoms with Gasteiger partial charge in [0.2, 0.25) is 5.91 Å². The highest BCUT2D eigenvalue weighted by Gasteiger charge is 2.26. The molecule has 1 fully saturated rings. The average Bonchev–Trinajstić information content (AvgIpc) is 2.94. The van der Waals surface area contributed by atoms with Crippen LogP contribution in [-0.2, 0) is 17.6 Å². The molecule has 0 radical (unpaired) electrons. The number of nitrogens with zero attached hydrogens (tertiary/aromatic N) is 3. The number of benzene rings is 3. The number of halogens is 1. The monoisotopic (exact) mass is 512 g/mol. The summed E-state index contributed by atoms with van der Waals surface area (Å²) in [4.78, 5) is 41.4. The smallest absolute Gasteiger partial charge is 0.272 e. The molecule has 7 nitrogen and oxygen atoms in total. The number of hydrogen-bond donors (Lipinski definition) is 1. The number of aromatic amines is 1. The lowest BCUT2D eigenvalue weighted by molar-refractivity contribution is -0.132. The van der Waals surface area contributed by atoms with Gasteiger partial charge in [-0.1, -0.05) is 54.1 Å². The molecule has 1 N–H and O–H groups in total. The molecule has 0 saturated carbocycles. The largest absolute Gasteiger partial charge is 0.339 e. The molecule has 3 aromatic carbocycles. The van der Waals surface area contributed by atoms with Crippen LogP contribution in [0.2, 0.25) is 0 Å². The van der Waals surface area contributed by atoms with Gasteiger partial charge in [0.05, 0.1) is 16.6 Å². The van der Waals surface area contributed by atoms with Gasteiger partial charge in [0.15, 0.2) is 0 Å². The fourth-order valence-corrected chi connectivity index (χ4v) is 4.95. The van der Waals surface area contributed by atoms with Gasteiger partial charge in [-0.3, -0.25) is 14.4 Å². The van der Waals surface area contributed by atoms with E-state index in [-0.39, 0.29) is 17.0 Å². The molecule has 1 aromatic heterocycles. The summed E-state index contributed by atoms with van der Waals surface area (Å²) in [5.41, 5.74) is 3.38. The van der Waals surface area contributed by atoms with Crippen molar-refractivity contribution in [2.75, 3.05) is 26.2 Å². The van der Waals surface area contributed by atoms with Crippen LogP contribution in [0.5, 0.6) is 0 Å². The number of nitrogens with one attached hydrogen (secondary N) is 1. The maximum absolute atomic E-state index is 14.7. The van der Waals surface area contributed by atoms with Gasteiger partial charge in [-0.2, -0.15) is 5.10 Å². The number of aromatic nitrogens is 2. The summed E-state index contributed by atoms with van der Waals surface area (Å²) >= 11 is 0. The van der Waals surface area contributed by atoms with E-state index in [0.717, 1.165) is 10.9 Å². The Morgan fingerprint density at radius 1 is 0.895 bits per heavy atom. The average molecular weight is 513 g/mol. The summed E-state index contributed by atoms with van der Waals surface area (Å²) in [6.45, 7) is 3.58. The molecule has 0 aliphatic carbocycles. The van der Waals surface area contributed by atoms with E-state index < -0.39 is 11.7 Å². The number of piperazine rings is 1. The van der Waals surface area contributed by atoms with Crippen LogP contribution in [0.4, 0.5) is 4.39 Å². The Labute approximate surface area is 219 Å². The molecule has 0 spiro atoms. The van der Waals surface area contributed by atoms with Gasteiger partial charge in [0, 0.05) is 44.4 Å². The molecule has 1 aliphatic heterocycles. The summed E-state index contributed by atoms with van der Waals surface area (Å²) in [6.07, 6.45) is 1.43. The maximum Gasteiger partial charge on any atom is 0.272 e. The summed E-state index contributed by atoms with van der Waals surface area (Å²) in [6, 6.07) is 19.8. The normalized spacial score (nSPS) is 13.6. The van der Waals surface area contributed by atoms with Crippen molar-refractivity contribution in [3.8, 4) is 0 Å². The second-order valence-electron chi connectivity index (χ2n) is 9.70. The number of carbonyl (C=O) groups excluding carboxylic acids is 2. The summed E-state index contributed by atoms with van der Waals surface area (Å²) in [5.74, 6) is -0.919. The van der Waals surface area contributed by atoms with Crippen LogP contribution in [0.25, 0.3) is 10.8 Å². The second kappa shape index (κ2) is 11.0. The Bertz CT molecular complexity index is 1560. The number of aryl methyl sites for hydroxylation is 2. The van der Waals surface area contributed by atoms with Crippen molar-refractivity contribution >= 4 is 22.6 Å². The van der Waals surface area contributed by atoms with Crippen molar-refractivity contribution in [2.24, 2.45) is 0 Å². The van der Waals surface area contributed by atoms with Crippen molar-refractivity contribution in [1.29, 1.82) is 0 Å². The van der Waals surface area contributed by atoms with Crippen LogP contribution in [0.15, 0.2) is 71.5 Å². The Balaban J connectivity index is 1.23. The number of amides is 2. The zero-order chi connectivity index (χ0) is 26.6. The van der Waals surface area contributed by atoms with Gasteiger partial charge >= 0.3 is 0 Å². The molecule has 5 rings (SSSR count). The number of fused-ring (bicyclic) bond motifs is 1. The van der Waals surface area contributed by atoms with Crippen molar-refractivity contribution in [3.05, 3.63) is 111 Å². The first kappa shape index (κ1) is 25.3. The molecule has 0 bridgehead atoms. The van der Waals surface area contributed by atoms with E-state index in [1.807, 2.05) is 37.3 Å². The van der Waals surface area contributed by atoms with Gasteiger partial charge in [-0.25, -0.2) is 9.49 Å². The lowest BCUT2D eigenvalue weighted by Gasteiger charge is -2.35. The third-order valence-electron chi connectivity index (χ3n) is 7.04. The lowest BCUT2D eigenvalue weighted by atomic mass is 10.0. The standard InChI is InChI=1S/C30H29FN4O3/c1-20-5-4-6-21(17-20)10-12-28(36)34-13-15-35(16-14-34)30(38)25-18-22(9-11-26(25)31)19-27-23-7-2-3-8-24(23)29(37)33-32-27/h2-9,11,17-18H,10,12-16,19H2,1H3,(H,33,37). The zero-order valence-electron chi connectivity index (χ0n) is 21.2. The molecule has 38 heavy (non-hydrogen) atoms. The van der Waals surface area contributed by atoms with Crippen LogP contribution >= 0.6 is 0 Å². The fourth-order valence-electron chi connectivity index (χ4n) is 4.95. The van der Waals surface area contributed by atoms with Gasteiger partial charge in [-0.05, 0) is 42.7 Å². The van der Waals surface area contributed by atoms with Crippen LogP contribution in [0.3, 0.4) is 0 Å². The van der Waals surface area contributed by atoms with E-state index in [0.29, 0.717) is 62.1 Å². The van der Waals surface area contributed by atoms with Crippen molar-refractivity contribution in [3.63, 3.8) is 0 Å². The fraction of sp³-hybridized carbons (Fsp3) is 0.267. The predicted molar refractivity (Wildman–Crippen MR) is 144 cm³/mol. The van der Waals surface area contributed by atoms with Gasteiger partial charge in [-0.15, -0.1) is 0 Å². The Morgan fingerprint density at radius 2 is 1.63 bits per heavy atom. The highest BCUT2D eigenvalue weighted by atomic mass is 19.1. The number of carbonyl (C=O) groups is 2. The Hall–Kier alpha value is -4.33. The van der Waals surface area contributed by atoms with Crippen LogP contribution in [-0.4, -0.2) is 58.0 Å². The first-order valence-corrected chi connectivity index (χ1v) is 12.8. The maximum atomic E-state index is 14.7. The minimum absolute atomic E-state index is 0.00421. The van der Waals surface area contributed by atoms with Crippen molar-refractivity contribution in [2.45, 2.75) is 26.2 Å². The van der Waals surface area contributed by atoms with Gasteiger partial charge in [0.1, 0.15) is 5.82 Å². The third kappa shape index (κ3) is 5.49. The van der Waals surface area contributed by atoms with E-state index in [2.05, 4.69) is 16.3 Å². The van der Waals surface area contributed by atoms with Crippen LogP contribution in [0.1, 0.15) is 39.2 Å². The molecule has 1 aliphatic rings. The number of H-pyrrole nitrogens is 1. The molecule has 194 valence electrons. The van der Waals surface area contributed by atoms with Crippen molar-refractivity contribution in [1.82, 2.24) is 20.0 Å². The van der Waals surface area contributed by atoms with Crippen LogP contribution < -0.4 is 5.56 Å². The predicted octanol–water partition coefficient (Wildman–Crippen LogP) is 3.88. The van der Waals surface area contributed by atoms with E-state index in [1.54, 1.807) is 34.1 Å². The molecule has 1 saturated heterocycles. The van der Waals surface area contributed by atoms with E-state index in [4.69, 9.17) is 0 Å². The summed E-state index contributed by atoms with van der Waals surface area (Å²) in [5, 5.41) is 7.95.